The summed E-state index contributed by atoms with van der Waals surface area (Å²) in [6, 6.07) is 12.0. The zero-order valence-electron chi connectivity index (χ0n) is 22.6. The van der Waals surface area contributed by atoms with Crippen molar-refractivity contribution in [3.8, 4) is 0 Å². The van der Waals surface area contributed by atoms with E-state index in [1.807, 2.05) is 0 Å². The summed E-state index contributed by atoms with van der Waals surface area (Å²) in [5.41, 5.74) is 10.9. The Morgan fingerprint density at radius 3 is 1.91 bits per heavy atom. The van der Waals surface area contributed by atoms with Crippen molar-refractivity contribution in [3.05, 3.63) is 58.1 Å². The first-order valence-corrected chi connectivity index (χ1v) is 14.3. The van der Waals surface area contributed by atoms with Crippen LogP contribution < -0.4 is 9.80 Å². The average molecular weight is 461 g/mol. The van der Waals surface area contributed by atoms with Gasteiger partial charge >= 0.3 is 0 Å². The Balaban J connectivity index is 0.000000162. The normalized spacial score (nSPS) is 16.8. The van der Waals surface area contributed by atoms with Gasteiger partial charge in [-0.1, -0.05) is 71.7 Å². The summed E-state index contributed by atoms with van der Waals surface area (Å²) >= 11 is 0. The number of unbranched alkanes of at least 4 members (excludes halogenated alkanes) is 2. The van der Waals surface area contributed by atoms with Crippen LogP contribution in [0.4, 0.5) is 11.4 Å². The Morgan fingerprint density at radius 2 is 1.29 bits per heavy atom. The minimum Gasteiger partial charge on any atom is -0.371 e. The van der Waals surface area contributed by atoms with Gasteiger partial charge in [-0.15, -0.1) is 0 Å². The van der Waals surface area contributed by atoms with E-state index in [9.17, 15) is 0 Å². The molecule has 0 atom stereocenters. The molecule has 2 nitrogen and oxygen atoms in total. The Morgan fingerprint density at radius 1 is 0.706 bits per heavy atom. The molecule has 2 heteroatoms. The molecule has 0 radical (unpaired) electrons. The number of anilines is 2. The fraction of sp³-hybridized carbons (Fsp3) is 0.625. The van der Waals surface area contributed by atoms with Gasteiger partial charge < -0.3 is 9.80 Å². The summed E-state index contributed by atoms with van der Waals surface area (Å²) in [5, 5.41) is 0. The van der Waals surface area contributed by atoms with Crippen LogP contribution in [0.5, 0.6) is 0 Å². The molecule has 0 N–H and O–H groups in total. The quantitative estimate of drug-likeness (QED) is 0.400. The Bertz CT molecular complexity index is 911. The first kappa shape index (κ1) is 25.1. The van der Waals surface area contributed by atoms with Gasteiger partial charge in [0.2, 0.25) is 0 Å². The third-order valence-electron chi connectivity index (χ3n) is 8.04. The van der Waals surface area contributed by atoms with E-state index in [0.717, 1.165) is 0 Å². The van der Waals surface area contributed by atoms with Gasteiger partial charge in [-0.25, -0.2) is 0 Å². The minimum atomic E-state index is 0.644. The molecule has 0 bridgehead atoms. The molecule has 3 heterocycles. The van der Waals surface area contributed by atoms with Crippen molar-refractivity contribution in [2.24, 2.45) is 0 Å². The van der Waals surface area contributed by atoms with Crippen LogP contribution in [0.25, 0.3) is 0 Å². The van der Waals surface area contributed by atoms with Crippen LogP contribution in [0, 0.1) is 0 Å². The number of benzene rings is 2. The van der Waals surface area contributed by atoms with Crippen LogP contribution in [-0.2, 0) is 19.3 Å². The van der Waals surface area contributed by atoms with Gasteiger partial charge in [0.1, 0.15) is 0 Å². The van der Waals surface area contributed by atoms with Crippen LogP contribution in [0.2, 0.25) is 0 Å². The molecule has 3 aliphatic heterocycles. The largest absolute Gasteiger partial charge is 0.371 e. The highest BCUT2D eigenvalue weighted by atomic mass is 15.1. The topological polar surface area (TPSA) is 6.48 Å². The highest BCUT2D eigenvalue weighted by molar-refractivity contribution is 5.64. The minimum absolute atomic E-state index is 0.644. The second-order valence-electron chi connectivity index (χ2n) is 11.4. The van der Waals surface area contributed by atoms with Crippen molar-refractivity contribution >= 4 is 11.4 Å². The fourth-order valence-corrected chi connectivity index (χ4v) is 6.00. The summed E-state index contributed by atoms with van der Waals surface area (Å²) in [6.07, 6.45) is 11.9. The Kier molecular flexibility index (Phi) is 8.61. The van der Waals surface area contributed by atoms with E-state index in [4.69, 9.17) is 0 Å². The van der Waals surface area contributed by atoms with Crippen LogP contribution in [0.3, 0.4) is 0 Å². The molecule has 0 saturated carbocycles. The van der Waals surface area contributed by atoms with Crippen molar-refractivity contribution < 1.29 is 0 Å². The molecule has 2 aromatic rings. The number of hydrogen-bond acceptors (Lipinski definition) is 2. The lowest BCUT2D eigenvalue weighted by Crippen LogP contribution is -2.34. The van der Waals surface area contributed by atoms with E-state index in [1.165, 1.54) is 101 Å². The molecule has 0 spiro atoms. The van der Waals surface area contributed by atoms with Crippen molar-refractivity contribution in [3.63, 3.8) is 0 Å². The van der Waals surface area contributed by atoms with Gasteiger partial charge in [-0.2, -0.15) is 0 Å². The molecule has 0 saturated heterocycles. The number of fused-ring (bicyclic) bond motifs is 1. The lowest BCUT2D eigenvalue weighted by atomic mass is 9.87. The maximum Gasteiger partial charge on any atom is 0.0431 e. The predicted octanol–water partition coefficient (Wildman–Crippen LogP) is 8.26. The molecule has 0 aliphatic carbocycles. The lowest BCUT2D eigenvalue weighted by molar-refractivity contribution is 0.631. The van der Waals surface area contributed by atoms with Gasteiger partial charge in [-0.3, -0.25) is 0 Å². The molecule has 0 unspecified atom stereocenters. The van der Waals surface area contributed by atoms with E-state index in [-0.39, 0.29) is 0 Å². The number of rotatable bonds is 6. The molecular formula is C32H48N2. The summed E-state index contributed by atoms with van der Waals surface area (Å²) in [5.74, 6) is 1.31. The first-order chi connectivity index (χ1) is 16.5. The lowest BCUT2D eigenvalue weighted by Gasteiger charge is -2.37. The molecular weight excluding hydrogens is 412 g/mol. The Hall–Kier alpha value is -1.96. The van der Waals surface area contributed by atoms with E-state index < -0.39 is 0 Å². The summed E-state index contributed by atoms with van der Waals surface area (Å²) in [7, 11) is 0. The summed E-state index contributed by atoms with van der Waals surface area (Å²) in [6.45, 7) is 16.5. The third-order valence-corrected chi connectivity index (χ3v) is 8.04. The predicted molar refractivity (Wildman–Crippen MR) is 150 cm³/mol. The summed E-state index contributed by atoms with van der Waals surface area (Å²) < 4.78 is 0. The van der Waals surface area contributed by atoms with Crippen LogP contribution >= 0.6 is 0 Å². The highest BCUT2D eigenvalue weighted by Crippen LogP contribution is 2.37. The highest BCUT2D eigenvalue weighted by Gasteiger charge is 2.24. The molecule has 0 fully saturated rings. The van der Waals surface area contributed by atoms with Gasteiger partial charge in [0.25, 0.3) is 0 Å². The monoisotopic (exact) mass is 460 g/mol. The van der Waals surface area contributed by atoms with Gasteiger partial charge in [-0.05, 0) is 90.7 Å². The van der Waals surface area contributed by atoms with Crippen molar-refractivity contribution in [2.45, 2.75) is 104 Å². The van der Waals surface area contributed by atoms with Crippen LogP contribution in [-0.4, -0.2) is 26.2 Å². The third kappa shape index (κ3) is 5.81. The SMILES string of the molecule is CC(C)c1cc2c3c(c1)CCCN3CCC2.CCCCCN1CCCc2cc(C(C)C)ccc21. The van der Waals surface area contributed by atoms with E-state index in [0.29, 0.717) is 11.8 Å². The van der Waals surface area contributed by atoms with Crippen LogP contribution in [0.15, 0.2) is 30.3 Å². The molecule has 186 valence electrons. The van der Waals surface area contributed by atoms with Gasteiger partial charge in [0.05, 0.1) is 0 Å². The Labute approximate surface area is 209 Å². The molecule has 5 rings (SSSR count). The zero-order valence-corrected chi connectivity index (χ0v) is 22.6. The smallest absolute Gasteiger partial charge is 0.0431 e. The molecule has 3 aliphatic rings. The average Bonchev–Trinajstić information content (AvgIpc) is 2.84. The van der Waals surface area contributed by atoms with E-state index in [2.05, 4.69) is 74.8 Å². The number of nitrogens with zero attached hydrogens (tertiary/aromatic N) is 2. The zero-order chi connectivity index (χ0) is 24.1. The maximum absolute atomic E-state index is 2.61. The van der Waals surface area contributed by atoms with E-state index in [1.54, 1.807) is 22.4 Å². The fourth-order valence-electron chi connectivity index (χ4n) is 6.00. The summed E-state index contributed by atoms with van der Waals surface area (Å²) in [4.78, 5) is 5.21. The van der Waals surface area contributed by atoms with Crippen LogP contribution in [0.1, 0.15) is 113 Å². The second kappa shape index (κ2) is 11.6. The molecule has 2 aromatic carbocycles. The van der Waals surface area contributed by atoms with Crippen molar-refractivity contribution in [1.29, 1.82) is 0 Å². The molecule has 0 amide bonds. The maximum atomic E-state index is 2.61. The van der Waals surface area contributed by atoms with Crippen molar-refractivity contribution in [2.75, 3.05) is 36.0 Å². The van der Waals surface area contributed by atoms with E-state index >= 15 is 0 Å². The van der Waals surface area contributed by atoms with Gasteiger partial charge in [0.15, 0.2) is 0 Å². The van der Waals surface area contributed by atoms with Crippen molar-refractivity contribution in [1.82, 2.24) is 0 Å². The first-order valence-electron chi connectivity index (χ1n) is 14.3. The second-order valence-corrected chi connectivity index (χ2v) is 11.4. The molecule has 34 heavy (non-hydrogen) atoms. The number of aryl methyl sites for hydroxylation is 3. The van der Waals surface area contributed by atoms with Gasteiger partial charge in [0, 0.05) is 37.6 Å². The molecule has 0 aromatic heterocycles. The standard InChI is InChI=1S/C17H27N.C15H21N/c1-4-5-6-11-18-12-7-8-16-13-15(14(2)3)9-10-17(16)18;1-11(2)14-9-12-5-3-7-16-8-4-6-13(10-14)15(12)16/h9-10,13-14H,4-8,11-12H2,1-3H3;9-11H,3-8H2,1-2H3. The number of hydrogen-bond donors (Lipinski definition) is 0.